The minimum Gasteiger partial charge on any atom is -0.464 e. The van der Waals surface area contributed by atoms with Gasteiger partial charge in [0, 0.05) is 8.95 Å². The number of rotatable bonds is 6. The molecule has 0 bridgehead atoms. The second-order valence-corrected chi connectivity index (χ2v) is 5.54. The molecular formula is C13H17Br2NO2. The van der Waals surface area contributed by atoms with Gasteiger partial charge >= 0.3 is 5.97 Å². The van der Waals surface area contributed by atoms with Gasteiger partial charge in [0.25, 0.3) is 0 Å². The lowest BCUT2D eigenvalue weighted by molar-refractivity contribution is -0.144. The second-order valence-electron chi connectivity index (χ2n) is 3.83. The molecule has 100 valence electrons. The van der Waals surface area contributed by atoms with Crippen LogP contribution in [0.2, 0.25) is 0 Å². The highest BCUT2D eigenvalue weighted by atomic mass is 79.9. The van der Waals surface area contributed by atoms with E-state index in [0.29, 0.717) is 6.61 Å². The minimum absolute atomic E-state index is 0.206. The average Bonchev–Trinajstić information content (AvgIpc) is 2.33. The largest absolute Gasteiger partial charge is 0.464 e. The monoisotopic (exact) mass is 377 g/mol. The average molecular weight is 379 g/mol. The van der Waals surface area contributed by atoms with Crippen molar-refractivity contribution >= 4 is 43.5 Å². The van der Waals surface area contributed by atoms with Gasteiger partial charge in [0.05, 0.1) is 12.3 Å². The number of benzene rings is 1. The van der Waals surface area contributed by atoms with Crippen LogP contribution in [0, 0.1) is 0 Å². The fourth-order valence-electron chi connectivity index (χ4n) is 1.59. The van der Waals surface area contributed by atoms with Crippen molar-refractivity contribution in [1.29, 1.82) is 0 Å². The number of hydrogen-bond acceptors (Lipinski definition) is 3. The van der Waals surface area contributed by atoms with Crippen LogP contribution in [-0.4, -0.2) is 18.6 Å². The molecule has 0 aliphatic carbocycles. The minimum atomic E-state index is -0.315. The summed E-state index contributed by atoms with van der Waals surface area (Å²) in [5.74, 6) is -0.206. The predicted octanol–water partition coefficient (Wildman–Crippen LogP) is 4.36. The normalized spacial score (nSPS) is 12.0. The van der Waals surface area contributed by atoms with Gasteiger partial charge in [-0.05, 0) is 57.3 Å². The predicted molar refractivity (Wildman–Crippen MR) is 80.8 cm³/mol. The van der Waals surface area contributed by atoms with Crippen molar-refractivity contribution in [2.75, 3.05) is 11.9 Å². The molecule has 18 heavy (non-hydrogen) atoms. The molecule has 1 aromatic rings. The maximum Gasteiger partial charge on any atom is 0.328 e. The Hall–Kier alpha value is -0.550. The van der Waals surface area contributed by atoms with E-state index in [1.807, 2.05) is 32.0 Å². The van der Waals surface area contributed by atoms with E-state index in [2.05, 4.69) is 37.2 Å². The number of halogens is 2. The van der Waals surface area contributed by atoms with Gasteiger partial charge in [-0.1, -0.05) is 19.4 Å². The lowest BCUT2D eigenvalue weighted by Crippen LogP contribution is -2.31. The molecule has 1 rings (SSSR count). The maximum absolute atomic E-state index is 11.8. The van der Waals surface area contributed by atoms with E-state index >= 15 is 0 Å². The van der Waals surface area contributed by atoms with Crippen LogP contribution in [0.15, 0.2) is 27.1 Å². The van der Waals surface area contributed by atoms with Crippen LogP contribution in [-0.2, 0) is 9.53 Å². The Labute approximate surface area is 125 Å². The molecule has 5 heteroatoms. The fraction of sp³-hybridized carbons (Fsp3) is 0.462. The van der Waals surface area contributed by atoms with E-state index in [4.69, 9.17) is 4.74 Å². The van der Waals surface area contributed by atoms with Crippen LogP contribution in [0.1, 0.15) is 26.7 Å². The molecule has 0 saturated carbocycles. The van der Waals surface area contributed by atoms with Crippen LogP contribution in [0.5, 0.6) is 0 Å². The summed E-state index contributed by atoms with van der Waals surface area (Å²) in [5.41, 5.74) is 0.879. The molecule has 1 atom stereocenters. The molecule has 0 fully saturated rings. The van der Waals surface area contributed by atoms with Crippen molar-refractivity contribution in [3.05, 3.63) is 27.1 Å². The SMILES string of the molecule is CCCC(Nc1c(Br)cccc1Br)C(=O)OCC. The van der Waals surface area contributed by atoms with Crippen LogP contribution >= 0.6 is 31.9 Å². The fourth-order valence-corrected chi connectivity index (χ4v) is 2.82. The van der Waals surface area contributed by atoms with Gasteiger partial charge in [-0.15, -0.1) is 0 Å². The topological polar surface area (TPSA) is 38.3 Å². The summed E-state index contributed by atoms with van der Waals surface area (Å²) in [6.45, 7) is 4.26. The molecule has 0 amide bonds. The third-order valence-corrected chi connectivity index (χ3v) is 3.75. The molecule has 0 spiro atoms. The Morgan fingerprint density at radius 1 is 1.33 bits per heavy atom. The molecular weight excluding hydrogens is 362 g/mol. The molecule has 0 aromatic heterocycles. The Morgan fingerprint density at radius 2 is 1.94 bits per heavy atom. The molecule has 1 N–H and O–H groups in total. The van der Waals surface area contributed by atoms with Gasteiger partial charge < -0.3 is 10.1 Å². The smallest absolute Gasteiger partial charge is 0.328 e. The van der Waals surface area contributed by atoms with Gasteiger partial charge in [0.15, 0.2) is 0 Å². The Kier molecular flexibility index (Phi) is 6.71. The number of nitrogens with one attached hydrogen (secondary N) is 1. The van der Waals surface area contributed by atoms with Crippen molar-refractivity contribution in [2.45, 2.75) is 32.7 Å². The number of para-hydroxylation sites is 1. The van der Waals surface area contributed by atoms with E-state index in [9.17, 15) is 4.79 Å². The van der Waals surface area contributed by atoms with Crippen molar-refractivity contribution in [3.8, 4) is 0 Å². The molecule has 0 aliphatic rings. The molecule has 0 heterocycles. The summed E-state index contributed by atoms with van der Waals surface area (Å²) >= 11 is 6.94. The molecule has 1 unspecified atom stereocenters. The Bertz CT molecular complexity index is 390. The summed E-state index contributed by atoms with van der Waals surface area (Å²) in [5, 5.41) is 3.23. The van der Waals surface area contributed by atoms with Crippen molar-refractivity contribution < 1.29 is 9.53 Å². The zero-order valence-corrected chi connectivity index (χ0v) is 13.7. The summed E-state index contributed by atoms with van der Waals surface area (Å²) in [6, 6.07) is 5.48. The summed E-state index contributed by atoms with van der Waals surface area (Å²) in [4.78, 5) is 11.8. The lowest BCUT2D eigenvalue weighted by atomic mass is 10.1. The molecule has 0 radical (unpaired) electrons. The summed E-state index contributed by atoms with van der Waals surface area (Å²) in [7, 11) is 0. The molecule has 3 nitrogen and oxygen atoms in total. The molecule has 0 aliphatic heterocycles. The standard InChI is InChI=1S/C13H17Br2NO2/c1-3-6-11(13(17)18-4-2)16-12-9(14)7-5-8-10(12)15/h5,7-8,11,16H,3-4,6H2,1-2H3. The maximum atomic E-state index is 11.8. The number of carbonyl (C=O) groups is 1. The highest BCUT2D eigenvalue weighted by molar-refractivity contribution is 9.11. The van der Waals surface area contributed by atoms with E-state index in [-0.39, 0.29) is 12.0 Å². The van der Waals surface area contributed by atoms with Gasteiger partial charge in [-0.25, -0.2) is 4.79 Å². The Morgan fingerprint density at radius 3 is 2.44 bits per heavy atom. The molecule has 0 saturated heterocycles. The van der Waals surface area contributed by atoms with E-state index in [1.54, 1.807) is 0 Å². The number of esters is 1. The van der Waals surface area contributed by atoms with Gasteiger partial charge in [-0.3, -0.25) is 0 Å². The van der Waals surface area contributed by atoms with Gasteiger partial charge in [0.1, 0.15) is 6.04 Å². The van der Waals surface area contributed by atoms with E-state index in [0.717, 1.165) is 27.5 Å². The lowest BCUT2D eigenvalue weighted by Gasteiger charge is -2.19. The first-order valence-electron chi connectivity index (χ1n) is 5.97. The van der Waals surface area contributed by atoms with Gasteiger partial charge in [0.2, 0.25) is 0 Å². The first-order valence-corrected chi connectivity index (χ1v) is 7.55. The van der Waals surface area contributed by atoms with E-state index in [1.165, 1.54) is 0 Å². The zero-order chi connectivity index (χ0) is 13.5. The van der Waals surface area contributed by atoms with E-state index < -0.39 is 0 Å². The van der Waals surface area contributed by atoms with Crippen LogP contribution in [0.3, 0.4) is 0 Å². The zero-order valence-electron chi connectivity index (χ0n) is 10.5. The number of ether oxygens (including phenoxy) is 1. The third kappa shape index (κ3) is 4.28. The summed E-state index contributed by atoms with van der Waals surface area (Å²) in [6.07, 6.45) is 1.66. The van der Waals surface area contributed by atoms with Gasteiger partial charge in [-0.2, -0.15) is 0 Å². The van der Waals surface area contributed by atoms with Crippen LogP contribution in [0.4, 0.5) is 5.69 Å². The highest BCUT2D eigenvalue weighted by Gasteiger charge is 2.20. The van der Waals surface area contributed by atoms with Crippen LogP contribution in [0.25, 0.3) is 0 Å². The summed E-state index contributed by atoms with van der Waals surface area (Å²) < 4.78 is 6.91. The van der Waals surface area contributed by atoms with Crippen molar-refractivity contribution in [3.63, 3.8) is 0 Å². The highest BCUT2D eigenvalue weighted by Crippen LogP contribution is 2.31. The number of hydrogen-bond donors (Lipinski definition) is 1. The first kappa shape index (κ1) is 15.5. The van der Waals surface area contributed by atoms with Crippen LogP contribution < -0.4 is 5.32 Å². The number of carbonyl (C=O) groups excluding carboxylic acids is 1. The quantitative estimate of drug-likeness (QED) is 0.747. The first-order chi connectivity index (χ1) is 8.60. The Balaban J connectivity index is 2.86. The van der Waals surface area contributed by atoms with Crippen molar-refractivity contribution in [1.82, 2.24) is 0 Å². The third-order valence-electron chi connectivity index (χ3n) is 2.43. The molecule has 1 aromatic carbocycles. The number of anilines is 1. The second kappa shape index (κ2) is 7.79. The van der Waals surface area contributed by atoms with Crippen molar-refractivity contribution in [2.24, 2.45) is 0 Å².